The molecule has 0 saturated carbocycles. The number of aromatic nitrogens is 2. The van der Waals surface area contributed by atoms with E-state index in [1.807, 2.05) is 0 Å². The lowest BCUT2D eigenvalue weighted by molar-refractivity contribution is 0.0698. The Kier molecular flexibility index (Phi) is 3.94. The number of benzene rings is 1. The zero-order valence-electron chi connectivity index (χ0n) is 10.8. The third-order valence-corrected chi connectivity index (χ3v) is 3.21. The van der Waals surface area contributed by atoms with Gasteiger partial charge in [-0.25, -0.2) is 14.6 Å². The fourth-order valence-corrected chi connectivity index (χ4v) is 2.17. The van der Waals surface area contributed by atoms with Crippen molar-refractivity contribution in [3.8, 4) is 0 Å². The second-order valence-electron chi connectivity index (χ2n) is 4.03. The van der Waals surface area contributed by atoms with E-state index < -0.39 is 12.0 Å². The van der Waals surface area contributed by atoms with Crippen molar-refractivity contribution in [3.63, 3.8) is 0 Å². The number of carboxylic acid groups (broad SMARTS) is 1. The van der Waals surface area contributed by atoms with Gasteiger partial charge in [0.25, 0.3) is 0 Å². The summed E-state index contributed by atoms with van der Waals surface area (Å²) in [5.74, 6) is -0.539. The van der Waals surface area contributed by atoms with Gasteiger partial charge in [-0.15, -0.1) is 0 Å². The van der Waals surface area contributed by atoms with Crippen LogP contribution < -0.4 is 10.6 Å². The average Bonchev–Trinajstić information content (AvgIpc) is 2.77. The number of carbonyl (C=O) groups excluding carboxylic acids is 1. The third kappa shape index (κ3) is 3.09. The molecule has 0 aliphatic carbocycles. The van der Waals surface area contributed by atoms with Crippen LogP contribution in [0.3, 0.4) is 0 Å². The first-order valence-corrected chi connectivity index (χ1v) is 6.46. The van der Waals surface area contributed by atoms with Crippen molar-refractivity contribution in [3.05, 3.63) is 35.2 Å². The molecule has 0 radical (unpaired) electrons. The number of rotatable bonds is 3. The first-order chi connectivity index (χ1) is 9.47. The van der Waals surface area contributed by atoms with Gasteiger partial charge in [-0.05, 0) is 25.5 Å². The minimum Gasteiger partial charge on any atom is -0.478 e. The van der Waals surface area contributed by atoms with Crippen LogP contribution in [0.25, 0.3) is 0 Å². The Labute approximate surface area is 118 Å². The Morgan fingerprint density at radius 3 is 2.60 bits per heavy atom. The Morgan fingerprint density at radius 1 is 1.25 bits per heavy atom. The Morgan fingerprint density at radius 2 is 2.00 bits per heavy atom. The fourth-order valence-electron chi connectivity index (χ4n) is 1.60. The van der Waals surface area contributed by atoms with E-state index in [9.17, 15) is 9.59 Å². The molecule has 3 N–H and O–H groups in total. The van der Waals surface area contributed by atoms with E-state index >= 15 is 0 Å². The molecule has 104 valence electrons. The Hall–Kier alpha value is -2.48. The number of anilines is 2. The summed E-state index contributed by atoms with van der Waals surface area (Å²) in [7, 11) is 0. The molecule has 0 bridgehead atoms. The molecule has 1 aromatic heterocycles. The molecule has 0 aliphatic rings. The summed E-state index contributed by atoms with van der Waals surface area (Å²) in [5.41, 5.74) is 0.959. The van der Waals surface area contributed by atoms with Crippen molar-refractivity contribution in [1.82, 2.24) is 9.36 Å². The van der Waals surface area contributed by atoms with Gasteiger partial charge in [-0.1, -0.05) is 12.1 Å². The molecule has 8 heteroatoms. The van der Waals surface area contributed by atoms with Gasteiger partial charge in [0.2, 0.25) is 5.13 Å². The number of carboxylic acids is 1. The Balaban J connectivity index is 2.17. The minimum atomic E-state index is -1.10. The van der Waals surface area contributed by atoms with Crippen molar-refractivity contribution >= 4 is 34.4 Å². The second-order valence-corrected chi connectivity index (χ2v) is 4.78. The summed E-state index contributed by atoms with van der Waals surface area (Å²) in [6.07, 6.45) is 0. The van der Waals surface area contributed by atoms with E-state index in [1.54, 1.807) is 26.0 Å². The van der Waals surface area contributed by atoms with Gasteiger partial charge in [0, 0.05) is 11.5 Å². The van der Waals surface area contributed by atoms with Gasteiger partial charge >= 0.3 is 12.0 Å². The van der Waals surface area contributed by atoms with E-state index in [2.05, 4.69) is 20.0 Å². The van der Waals surface area contributed by atoms with Crippen LogP contribution >= 0.6 is 11.5 Å². The highest BCUT2D eigenvalue weighted by molar-refractivity contribution is 7.09. The predicted octanol–water partition coefficient (Wildman–Crippen LogP) is 2.50. The van der Waals surface area contributed by atoms with Gasteiger partial charge in [-0.3, -0.25) is 5.32 Å². The Bertz CT molecular complexity index is 668. The quantitative estimate of drug-likeness (QED) is 0.806. The minimum absolute atomic E-state index is 0.0357. The number of para-hydroxylation sites is 1. The van der Waals surface area contributed by atoms with Crippen LogP contribution in [-0.2, 0) is 0 Å². The fraction of sp³-hybridized carbons (Fsp3) is 0.167. The monoisotopic (exact) mass is 292 g/mol. The lowest BCUT2D eigenvalue weighted by Gasteiger charge is -2.11. The molecule has 1 aromatic carbocycles. The number of aryl methyl sites for hydroxylation is 2. The number of nitrogens with one attached hydrogen (secondary N) is 2. The number of hydrogen-bond acceptors (Lipinski definition) is 5. The maximum Gasteiger partial charge on any atom is 0.337 e. The lowest BCUT2D eigenvalue weighted by atomic mass is 10.1. The molecule has 0 spiro atoms. The standard InChI is InChI=1S/C12H12N4O3S/c1-6-4-3-5-8(10(17)18)9(6)14-11(19)15-12-13-7(2)16-20-12/h3-5H,1-2H3,(H,17,18)(H2,13,14,15,16,19). The molecule has 0 unspecified atom stereocenters. The SMILES string of the molecule is Cc1nsc(NC(=O)Nc2c(C)cccc2C(=O)O)n1. The van der Waals surface area contributed by atoms with Crippen LogP contribution in [0.2, 0.25) is 0 Å². The van der Waals surface area contributed by atoms with Crippen LogP contribution in [0.15, 0.2) is 18.2 Å². The van der Waals surface area contributed by atoms with Crippen LogP contribution in [0.1, 0.15) is 21.7 Å². The number of carbonyl (C=O) groups is 2. The van der Waals surface area contributed by atoms with Gasteiger partial charge in [-0.2, -0.15) is 4.37 Å². The van der Waals surface area contributed by atoms with Gasteiger partial charge in [0.1, 0.15) is 5.82 Å². The van der Waals surface area contributed by atoms with Crippen LogP contribution in [0.5, 0.6) is 0 Å². The average molecular weight is 292 g/mol. The number of nitrogens with zero attached hydrogens (tertiary/aromatic N) is 2. The molecule has 0 fully saturated rings. The van der Waals surface area contributed by atoms with Crippen LogP contribution in [0, 0.1) is 13.8 Å². The highest BCUT2D eigenvalue weighted by Gasteiger charge is 2.15. The van der Waals surface area contributed by atoms with Crippen molar-refractivity contribution < 1.29 is 14.7 Å². The van der Waals surface area contributed by atoms with E-state index in [1.165, 1.54) is 6.07 Å². The summed E-state index contributed by atoms with van der Waals surface area (Å²) in [6.45, 7) is 3.43. The van der Waals surface area contributed by atoms with Gasteiger partial charge < -0.3 is 10.4 Å². The molecular formula is C12H12N4O3S. The lowest BCUT2D eigenvalue weighted by Crippen LogP contribution is -2.21. The molecule has 0 saturated heterocycles. The normalized spacial score (nSPS) is 10.1. The molecule has 2 amide bonds. The van der Waals surface area contributed by atoms with E-state index in [-0.39, 0.29) is 11.3 Å². The highest BCUT2D eigenvalue weighted by Crippen LogP contribution is 2.21. The van der Waals surface area contributed by atoms with Gasteiger partial charge in [0.05, 0.1) is 11.3 Å². The summed E-state index contributed by atoms with van der Waals surface area (Å²) in [5, 5.41) is 14.5. The predicted molar refractivity (Wildman–Crippen MR) is 75.4 cm³/mol. The first kappa shape index (κ1) is 13.9. The molecule has 0 atom stereocenters. The zero-order chi connectivity index (χ0) is 14.7. The summed E-state index contributed by atoms with van der Waals surface area (Å²) in [4.78, 5) is 27.0. The van der Waals surface area contributed by atoms with Gasteiger partial charge in [0.15, 0.2) is 0 Å². The number of urea groups is 1. The van der Waals surface area contributed by atoms with E-state index in [4.69, 9.17) is 5.11 Å². The summed E-state index contributed by atoms with van der Waals surface area (Å²) in [6, 6.07) is 4.21. The molecule has 2 rings (SSSR count). The van der Waals surface area contributed by atoms with Crippen LogP contribution in [-0.4, -0.2) is 26.5 Å². The van der Waals surface area contributed by atoms with Crippen LogP contribution in [0.4, 0.5) is 15.6 Å². The van der Waals surface area contributed by atoms with Crippen molar-refractivity contribution in [2.24, 2.45) is 0 Å². The molecule has 7 nitrogen and oxygen atoms in total. The largest absolute Gasteiger partial charge is 0.478 e. The summed E-state index contributed by atoms with van der Waals surface area (Å²) >= 11 is 1.05. The molecule has 1 heterocycles. The zero-order valence-corrected chi connectivity index (χ0v) is 11.6. The van der Waals surface area contributed by atoms with Crippen molar-refractivity contribution in [1.29, 1.82) is 0 Å². The number of aromatic carboxylic acids is 1. The first-order valence-electron chi connectivity index (χ1n) is 5.68. The summed E-state index contributed by atoms with van der Waals surface area (Å²) < 4.78 is 3.93. The third-order valence-electron chi connectivity index (χ3n) is 2.49. The topological polar surface area (TPSA) is 104 Å². The smallest absolute Gasteiger partial charge is 0.337 e. The molecule has 2 aromatic rings. The molecule has 20 heavy (non-hydrogen) atoms. The maximum absolute atomic E-state index is 11.8. The van der Waals surface area contributed by atoms with Crippen molar-refractivity contribution in [2.45, 2.75) is 13.8 Å². The number of hydrogen-bond donors (Lipinski definition) is 3. The second kappa shape index (κ2) is 5.66. The van der Waals surface area contributed by atoms with E-state index in [0.717, 1.165) is 11.5 Å². The maximum atomic E-state index is 11.8. The highest BCUT2D eigenvalue weighted by atomic mass is 32.1. The molecule has 0 aliphatic heterocycles. The van der Waals surface area contributed by atoms with Crippen molar-refractivity contribution in [2.75, 3.05) is 10.6 Å². The number of amides is 2. The van der Waals surface area contributed by atoms with E-state index in [0.29, 0.717) is 16.5 Å². The molecular weight excluding hydrogens is 280 g/mol.